The van der Waals surface area contributed by atoms with E-state index in [0.29, 0.717) is 12.0 Å². The molecule has 15 heteroatoms. The first-order valence-electron chi connectivity index (χ1n) is 27.2. The number of allylic oxidation sites excluding steroid dienone is 6. The molecule has 0 radical (unpaired) electrons. The minimum atomic E-state index is -6.10. The third-order valence-corrected chi connectivity index (χ3v) is 11.3. The Kier molecular flexibility index (Phi) is 13.6. The summed E-state index contributed by atoms with van der Waals surface area (Å²) in [5, 5.41) is 21.2. The van der Waals surface area contributed by atoms with Gasteiger partial charge in [0, 0.05) is 51.5 Å². The topological polar surface area (TPSA) is 102 Å². The number of halogens is 4. The Morgan fingerprint density at radius 3 is 1.62 bits per heavy atom. The minimum absolute atomic E-state index is 0.0250. The quantitative estimate of drug-likeness (QED) is 0.0718. The summed E-state index contributed by atoms with van der Waals surface area (Å²) in [6.07, 6.45) is 5.11. The summed E-state index contributed by atoms with van der Waals surface area (Å²) in [4.78, 5) is 0. The second kappa shape index (κ2) is 23.9. The molecule has 2 aliphatic carbocycles. The first kappa shape index (κ1) is 34.1. The van der Waals surface area contributed by atoms with Crippen LogP contribution in [0.3, 0.4) is 0 Å². The Hall–Kier alpha value is -2.32. The molecule has 0 spiro atoms. The predicted molar refractivity (Wildman–Crippen MR) is 246 cm³/mol. The Balaban J connectivity index is 0.000000739. The number of aryl methyl sites for hydroxylation is 1. The summed E-state index contributed by atoms with van der Waals surface area (Å²) in [5.74, 6) is -5.84. The van der Waals surface area contributed by atoms with Crippen LogP contribution in [0.1, 0.15) is 130 Å². The molecule has 334 valence electrons. The number of alkyl halides is 3. The molecule has 60 heavy (non-hydrogen) atoms. The molecule has 2 aromatic rings. The molecule has 0 saturated carbocycles. The number of phenols is 2. The van der Waals surface area contributed by atoms with Gasteiger partial charge in [0.05, 0.1) is 5.48 Å². The summed E-state index contributed by atoms with van der Waals surface area (Å²) in [6, 6.07) is 4.80. The molecule has 0 amide bonds. The van der Waals surface area contributed by atoms with Gasteiger partial charge in [0.15, 0.2) is 0 Å². The molecule has 4 rings (SSSR count). The van der Waals surface area contributed by atoms with Gasteiger partial charge in [-0.15, -0.1) is 0 Å². The van der Waals surface area contributed by atoms with E-state index in [1.807, 2.05) is 13.8 Å². The second-order valence-electron chi connectivity index (χ2n) is 16.1. The molecular weight excluding hydrogens is 943 g/mol. The third kappa shape index (κ3) is 17.1. The Morgan fingerprint density at radius 1 is 0.867 bits per heavy atom. The van der Waals surface area contributed by atoms with E-state index in [9.17, 15) is 31.8 Å². The van der Waals surface area contributed by atoms with Crippen LogP contribution >= 0.6 is 13.6 Å². The van der Waals surface area contributed by atoms with Crippen LogP contribution < -0.4 is 13.0 Å². The zero-order chi connectivity index (χ0) is 59.7. The van der Waals surface area contributed by atoms with Gasteiger partial charge < -0.3 is 30.2 Å². The number of phenolic OH excluding ortho intramolecular Hbond substituents is 2. The summed E-state index contributed by atoms with van der Waals surface area (Å²) in [7, 11) is -11.4. The average molecular weight is 1030 g/mol. The molecule has 2 N–H and O–H groups in total. The standard InChI is InChI=1S/C23H35F3O5SSi2.C19H26O2.C3H7.BrH.Zn/c1-15(2)18-11-10-16(3)12-19(18)22-20(30-33(4,5)6)13-17(14-21(22)31-34(7,8)9)29-32(27,28)23(24,25)26;1-5-6-14-10-17(20)19(18(21)11-14)16-9-13(4)7-8-15(16)12(2)3;1-3-2;;/h12-14,18-19H,1,10-11H2,2-9H3;9-11,15-16,20-21H,2,5-8H2,1,3-4H3;1,3H2,2H3;1H;/q;;-1;;+2/p-1/t18-,19+;15-,16+;;;/m00.../s1/i1D2,2D3,3D3;2D2,3D3,4D3;;;. The SMILES string of the molecule is [2H]C([2H])=C([C@@H]1CCC(C([2H])([2H])[2H])=C[C@H]1c1c(O)cc(CCC)cc1O)C([2H])([2H])[2H].[2H]C([2H])=C([C@@H]1CCC(C([2H])([2H])[2H])=C[C@H]1c1c(O[Si](C)(C)C)cc(OS(=O)(=O)C(F)(F)F)cc1O[Si](C)(C)C)C([2H])([2H])[2H].[CH2-]CC.[Zn+][Br]. The van der Waals surface area contributed by atoms with Crippen molar-refractivity contribution in [3.8, 4) is 28.7 Å². The maximum absolute atomic E-state index is 13.2. The van der Waals surface area contributed by atoms with Crippen molar-refractivity contribution < 1.29 is 83.1 Å². The second-order valence-corrected chi connectivity index (χ2v) is 26.5. The molecular formula is C45H68BrF3O7SSi2Zn. The van der Waals surface area contributed by atoms with Crippen LogP contribution in [0.4, 0.5) is 13.2 Å². The molecule has 0 unspecified atom stereocenters. The maximum atomic E-state index is 13.2. The van der Waals surface area contributed by atoms with Crippen LogP contribution in [0.2, 0.25) is 39.3 Å². The Bertz CT molecular complexity index is 2470. The third-order valence-electron chi connectivity index (χ3n) is 8.62. The van der Waals surface area contributed by atoms with E-state index in [0.717, 1.165) is 25.0 Å². The van der Waals surface area contributed by atoms with Crippen LogP contribution in [-0.4, -0.2) is 40.8 Å². The summed E-state index contributed by atoms with van der Waals surface area (Å²) in [6.45, 7) is 5.41. The summed E-state index contributed by atoms with van der Waals surface area (Å²) >= 11 is 4.25. The van der Waals surface area contributed by atoms with Crippen LogP contribution in [0.5, 0.6) is 28.7 Å². The van der Waals surface area contributed by atoms with Crippen molar-refractivity contribution in [3.63, 3.8) is 0 Å². The molecule has 0 bridgehead atoms. The van der Waals surface area contributed by atoms with Gasteiger partial charge in [0.1, 0.15) is 28.7 Å². The summed E-state index contributed by atoms with van der Waals surface area (Å²) in [5.41, 5.74) is -5.81. The number of aromatic hydroxyl groups is 2. The molecule has 2 aromatic carbocycles. The van der Waals surface area contributed by atoms with Crippen molar-refractivity contribution in [1.82, 2.24) is 0 Å². The number of benzene rings is 2. The number of hydrogen-bond acceptors (Lipinski definition) is 7. The fourth-order valence-corrected chi connectivity index (χ4v) is 8.54. The first-order valence-corrected chi connectivity index (χ1v) is 34.3. The van der Waals surface area contributed by atoms with Crippen LogP contribution in [-0.2, 0) is 32.9 Å². The van der Waals surface area contributed by atoms with Crippen LogP contribution in [0, 0.1) is 18.8 Å². The van der Waals surface area contributed by atoms with E-state index >= 15 is 0 Å². The van der Waals surface area contributed by atoms with Crippen LogP contribution in [0.25, 0.3) is 0 Å². The van der Waals surface area contributed by atoms with Crippen LogP contribution in [0.15, 0.2) is 71.8 Å². The molecule has 0 saturated heterocycles. The Morgan fingerprint density at radius 2 is 1.28 bits per heavy atom. The molecule has 0 aliphatic heterocycles. The van der Waals surface area contributed by atoms with Gasteiger partial charge in [-0.1, -0.05) is 67.8 Å². The van der Waals surface area contributed by atoms with E-state index in [1.54, 1.807) is 39.3 Å². The average Bonchev–Trinajstić information content (AvgIpc) is 3.19. The normalized spacial score (nSPS) is 24.0. The van der Waals surface area contributed by atoms with Crippen molar-refractivity contribution in [2.75, 3.05) is 0 Å². The zero-order valence-corrected chi connectivity index (χ0v) is 42.9. The van der Waals surface area contributed by atoms with Crippen molar-refractivity contribution in [1.29, 1.82) is 0 Å². The fourth-order valence-electron chi connectivity index (χ4n) is 6.44. The van der Waals surface area contributed by atoms with Crippen molar-refractivity contribution in [2.45, 2.75) is 143 Å². The van der Waals surface area contributed by atoms with Gasteiger partial charge in [-0.05, 0) is 128 Å². The molecule has 7 nitrogen and oxygen atoms in total. The van der Waals surface area contributed by atoms with Gasteiger partial charge in [0.25, 0.3) is 0 Å². The molecule has 4 atom stereocenters. The zero-order valence-electron chi connectivity index (χ0n) is 51.5. The fraction of sp³-hybridized carbons (Fsp3) is 0.533. The van der Waals surface area contributed by atoms with E-state index in [2.05, 4.69) is 24.7 Å². The van der Waals surface area contributed by atoms with Gasteiger partial charge in [-0.2, -0.15) is 28.0 Å². The van der Waals surface area contributed by atoms with Gasteiger partial charge in [0.2, 0.25) is 16.6 Å². The Labute approximate surface area is 400 Å². The van der Waals surface area contributed by atoms with E-state index in [1.165, 1.54) is 40.6 Å². The number of rotatable bonds is 12. The van der Waals surface area contributed by atoms with Crippen molar-refractivity contribution >= 4 is 40.4 Å². The van der Waals surface area contributed by atoms with Gasteiger partial charge in [-0.25, -0.2) is 0 Å². The molecule has 0 aromatic heterocycles. The molecule has 0 heterocycles. The van der Waals surface area contributed by atoms with Gasteiger partial charge in [-0.3, -0.25) is 0 Å². The molecule has 0 fully saturated rings. The first-order chi connectivity index (χ1) is 34.2. The monoisotopic (exact) mass is 1020 g/mol. The number of hydrogen-bond donors (Lipinski definition) is 2. The molecule has 2 aliphatic rings. The van der Waals surface area contributed by atoms with E-state index in [4.69, 9.17) is 30.8 Å². The van der Waals surface area contributed by atoms with Crippen molar-refractivity contribution in [2.24, 2.45) is 11.8 Å². The predicted octanol–water partition coefficient (Wildman–Crippen LogP) is 14.5. The van der Waals surface area contributed by atoms with Gasteiger partial charge >= 0.3 is 45.6 Å². The van der Waals surface area contributed by atoms with Crippen molar-refractivity contribution in [3.05, 3.63) is 95.4 Å². The van der Waals surface area contributed by atoms with E-state index < -0.39 is 113 Å². The van der Waals surface area contributed by atoms with E-state index in [-0.39, 0.29) is 71.0 Å². The summed E-state index contributed by atoms with van der Waals surface area (Å²) < 4.78 is 206.